The highest BCUT2D eigenvalue weighted by atomic mass is 16.5. The van der Waals surface area contributed by atoms with Gasteiger partial charge in [-0.25, -0.2) is 0 Å². The zero-order valence-electron chi connectivity index (χ0n) is 11.9. The van der Waals surface area contributed by atoms with Crippen molar-refractivity contribution < 1.29 is 4.74 Å². The van der Waals surface area contributed by atoms with Crippen LogP contribution in [-0.4, -0.2) is 50.3 Å². The van der Waals surface area contributed by atoms with Gasteiger partial charge in [-0.3, -0.25) is 4.90 Å². The number of rotatable bonds is 9. The van der Waals surface area contributed by atoms with Crippen molar-refractivity contribution in [1.82, 2.24) is 10.2 Å². The highest BCUT2D eigenvalue weighted by molar-refractivity contribution is 4.80. The molecular weight excluding hydrogens is 212 g/mol. The Morgan fingerprint density at radius 2 is 2.24 bits per heavy atom. The Labute approximate surface area is 107 Å². The van der Waals surface area contributed by atoms with Crippen molar-refractivity contribution in [2.24, 2.45) is 5.92 Å². The molecule has 1 saturated heterocycles. The standard InChI is InChI=1S/C14H30N2O/c1-4-7-15-11-14-6-5-8-16(14)9-10-17-12-13(2)3/h13-15H,4-12H2,1-3H3. The molecule has 0 radical (unpaired) electrons. The highest BCUT2D eigenvalue weighted by Gasteiger charge is 2.23. The molecule has 3 nitrogen and oxygen atoms in total. The lowest BCUT2D eigenvalue weighted by Crippen LogP contribution is -2.39. The van der Waals surface area contributed by atoms with Crippen LogP contribution in [0.5, 0.6) is 0 Å². The van der Waals surface area contributed by atoms with E-state index in [4.69, 9.17) is 4.74 Å². The van der Waals surface area contributed by atoms with E-state index in [0.717, 1.165) is 38.9 Å². The molecule has 1 N–H and O–H groups in total. The summed E-state index contributed by atoms with van der Waals surface area (Å²) in [4.78, 5) is 2.59. The zero-order valence-corrected chi connectivity index (χ0v) is 11.9. The lowest BCUT2D eigenvalue weighted by molar-refractivity contribution is 0.0819. The third-order valence-corrected chi connectivity index (χ3v) is 3.28. The van der Waals surface area contributed by atoms with Crippen LogP contribution in [0.1, 0.15) is 40.0 Å². The second-order valence-corrected chi connectivity index (χ2v) is 5.50. The molecule has 0 bridgehead atoms. The summed E-state index contributed by atoms with van der Waals surface area (Å²) in [5.74, 6) is 0.649. The van der Waals surface area contributed by atoms with Gasteiger partial charge in [-0.15, -0.1) is 0 Å². The SMILES string of the molecule is CCCNCC1CCCN1CCOCC(C)C. The summed E-state index contributed by atoms with van der Waals surface area (Å²) in [6.07, 6.45) is 3.92. The lowest BCUT2D eigenvalue weighted by atomic mass is 10.2. The van der Waals surface area contributed by atoms with Crippen molar-refractivity contribution in [2.75, 3.05) is 39.4 Å². The van der Waals surface area contributed by atoms with Crippen LogP contribution in [0, 0.1) is 5.92 Å². The average molecular weight is 242 g/mol. The van der Waals surface area contributed by atoms with Gasteiger partial charge in [0.1, 0.15) is 0 Å². The van der Waals surface area contributed by atoms with Gasteiger partial charge in [0, 0.05) is 25.7 Å². The molecule has 1 aliphatic heterocycles. The summed E-state index contributed by atoms with van der Waals surface area (Å²) in [6, 6.07) is 0.740. The first-order valence-corrected chi connectivity index (χ1v) is 7.26. The van der Waals surface area contributed by atoms with E-state index in [1.807, 2.05) is 0 Å². The van der Waals surface area contributed by atoms with Crippen molar-refractivity contribution in [1.29, 1.82) is 0 Å². The molecule has 0 saturated carbocycles. The van der Waals surface area contributed by atoms with Gasteiger partial charge in [-0.1, -0.05) is 20.8 Å². The minimum absolute atomic E-state index is 0.649. The van der Waals surface area contributed by atoms with Crippen molar-refractivity contribution >= 4 is 0 Å². The van der Waals surface area contributed by atoms with E-state index >= 15 is 0 Å². The molecule has 102 valence electrons. The van der Waals surface area contributed by atoms with Gasteiger partial charge in [0.15, 0.2) is 0 Å². The molecule has 0 spiro atoms. The van der Waals surface area contributed by atoms with Crippen molar-refractivity contribution in [3.05, 3.63) is 0 Å². The number of hydrogen-bond donors (Lipinski definition) is 1. The quantitative estimate of drug-likeness (QED) is 0.627. The molecule has 0 aromatic rings. The molecular formula is C14H30N2O. The van der Waals surface area contributed by atoms with E-state index in [-0.39, 0.29) is 0 Å². The van der Waals surface area contributed by atoms with Crippen LogP contribution in [0.15, 0.2) is 0 Å². The molecule has 1 unspecified atom stereocenters. The Kier molecular flexibility index (Phi) is 7.82. The van der Waals surface area contributed by atoms with E-state index < -0.39 is 0 Å². The van der Waals surface area contributed by atoms with Gasteiger partial charge in [0.2, 0.25) is 0 Å². The maximum atomic E-state index is 5.67. The number of hydrogen-bond acceptors (Lipinski definition) is 3. The van der Waals surface area contributed by atoms with E-state index in [9.17, 15) is 0 Å². The Hall–Kier alpha value is -0.120. The summed E-state index contributed by atoms with van der Waals surface area (Å²) in [6.45, 7) is 13.1. The molecule has 0 aliphatic carbocycles. The largest absolute Gasteiger partial charge is 0.380 e. The van der Waals surface area contributed by atoms with Crippen molar-refractivity contribution in [2.45, 2.75) is 46.1 Å². The predicted molar refractivity (Wildman–Crippen MR) is 73.4 cm³/mol. The molecule has 1 aliphatic rings. The van der Waals surface area contributed by atoms with Crippen molar-refractivity contribution in [3.63, 3.8) is 0 Å². The Morgan fingerprint density at radius 1 is 1.41 bits per heavy atom. The topological polar surface area (TPSA) is 24.5 Å². The van der Waals surface area contributed by atoms with Gasteiger partial charge in [0.25, 0.3) is 0 Å². The Balaban J connectivity index is 2.09. The smallest absolute Gasteiger partial charge is 0.0593 e. The van der Waals surface area contributed by atoms with Crippen LogP contribution in [0.4, 0.5) is 0 Å². The third-order valence-electron chi connectivity index (χ3n) is 3.28. The van der Waals surface area contributed by atoms with E-state index in [2.05, 4.69) is 31.0 Å². The van der Waals surface area contributed by atoms with Crippen LogP contribution in [-0.2, 0) is 4.74 Å². The summed E-state index contributed by atoms with van der Waals surface area (Å²) in [7, 11) is 0. The first-order chi connectivity index (χ1) is 8.24. The second kappa shape index (κ2) is 8.90. The van der Waals surface area contributed by atoms with E-state index in [1.165, 1.54) is 25.8 Å². The predicted octanol–water partition coefficient (Wildman–Crippen LogP) is 2.12. The normalized spacial score (nSPS) is 21.5. The summed E-state index contributed by atoms with van der Waals surface area (Å²) in [5.41, 5.74) is 0. The van der Waals surface area contributed by atoms with Gasteiger partial charge in [-0.05, 0) is 38.3 Å². The van der Waals surface area contributed by atoms with Crippen LogP contribution in [0.3, 0.4) is 0 Å². The molecule has 1 fully saturated rings. The van der Waals surface area contributed by atoms with Gasteiger partial charge < -0.3 is 10.1 Å². The monoisotopic (exact) mass is 242 g/mol. The number of nitrogens with zero attached hydrogens (tertiary/aromatic N) is 1. The number of likely N-dealkylation sites (tertiary alicyclic amines) is 1. The summed E-state index contributed by atoms with van der Waals surface area (Å²) in [5, 5.41) is 3.53. The van der Waals surface area contributed by atoms with Gasteiger partial charge in [-0.2, -0.15) is 0 Å². The molecule has 1 atom stereocenters. The summed E-state index contributed by atoms with van der Waals surface area (Å²) < 4.78 is 5.67. The molecule has 17 heavy (non-hydrogen) atoms. The molecule has 1 heterocycles. The first-order valence-electron chi connectivity index (χ1n) is 7.26. The van der Waals surface area contributed by atoms with Gasteiger partial charge in [0.05, 0.1) is 6.61 Å². The average Bonchev–Trinajstić information content (AvgIpc) is 2.72. The molecule has 0 amide bonds. The van der Waals surface area contributed by atoms with Crippen LogP contribution >= 0.6 is 0 Å². The fourth-order valence-electron chi connectivity index (χ4n) is 2.37. The highest BCUT2D eigenvalue weighted by Crippen LogP contribution is 2.15. The molecule has 0 aromatic heterocycles. The molecule has 1 rings (SSSR count). The molecule has 3 heteroatoms. The second-order valence-electron chi connectivity index (χ2n) is 5.50. The van der Waals surface area contributed by atoms with Crippen LogP contribution < -0.4 is 5.32 Å². The minimum atomic E-state index is 0.649. The van der Waals surface area contributed by atoms with E-state index in [1.54, 1.807) is 0 Å². The van der Waals surface area contributed by atoms with E-state index in [0.29, 0.717) is 5.92 Å². The Morgan fingerprint density at radius 3 is 2.94 bits per heavy atom. The third kappa shape index (κ3) is 6.39. The van der Waals surface area contributed by atoms with Crippen molar-refractivity contribution in [3.8, 4) is 0 Å². The maximum Gasteiger partial charge on any atom is 0.0593 e. The fraction of sp³-hybridized carbons (Fsp3) is 1.00. The first kappa shape index (κ1) is 14.9. The Bertz CT molecular complexity index is 185. The number of nitrogens with one attached hydrogen (secondary N) is 1. The van der Waals surface area contributed by atoms with Crippen LogP contribution in [0.25, 0.3) is 0 Å². The summed E-state index contributed by atoms with van der Waals surface area (Å²) >= 11 is 0. The zero-order chi connectivity index (χ0) is 12.5. The molecule has 0 aromatic carbocycles. The van der Waals surface area contributed by atoms with Crippen LogP contribution in [0.2, 0.25) is 0 Å². The lowest BCUT2D eigenvalue weighted by Gasteiger charge is -2.24. The fourth-order valence-corrected chi connectivity index (χ4v) is 2.37. The van der Waals surface area contributed by atoms with Gasteiger partial charge >= 0.3 is 0 Å². The minimum Gasteiger partial charge on any atom is -0.380 e. The maximum absolute atomic E-state index is 5.67. The number of ether oxygens (including phenoxy) is 1.